The van der Waals surface area contributed by atoms with E-state index in [2.05, 4.69) is 5.32 Å². The van der Waals surface area contributed by atoms with Crippen molar-refractivity contribution in [2.75, 3.05) is 30.3 Å². The van der Waals surface area contributed by atoms with Crippen LogP contribution in [0.25, 0.3) is 0 Å². The second-order valence-electron chi connectivity index (χ2n) is 5.06. The molecule has 1 unspecified atom stereocenters. The molecule has 1 heterocycles. The number of carboxylic acid groups (broad SMARTS) is 1. The van der Waals surface area contributed by atoms with Crippen molar-refractivity contribution in [3.8, 4) is 0 Å². The molecule has 23 heavy (non-hydrogen) atoms. The van der Waals surface area contributed by atoms with Crippen LogP contribution in [0.1, 0.15) is 16.8 Å². The SMILES string of the molecule is COC(CNC(=O)c1cccc(N2CCCS2(=O)=O)c1)C(=O)O. The van der Waals surface area contributed by atoms with Crippen LogP contribution < -0.4 is 9.62 Å². The number of nitrogens with one attached hydrogen (secondary N) is 1. The second-order valence-corrected chi connectivity index (χ2v) is 7.08. The van der Waals surface area contributed by atoms with E-state index in [1.165, 1.54) is 23.5 Å². The van der Waals surface area contributed by atoms with Crippen LogP contribution in [-0.2, 0) is 19.6 Å². The van der Waals surface area contributed by atoms with Crippen molar-refractivity contribution in [1.29, 1.82) is 0 Å². The van der Waals surface area contributed by atoms with Crippen LogP contribution in [-0.4, -0.2) is 57.5 Å². The topological polar surface area (TPSA) is 113 Å². The van der Waals surface area contributed by atoms with E-state index in [4.69, 9.17) is 9.84 Å². The monoisotopic (exact) mass is 342 g/mol. The predicted molar refractivity (Wildman–Crippen MR) is 83.0 cm³/mol. The highest BCUT2D eigenvalue weighted by Crippen LogP contribution is 2.24. The minimum absolute atomic E-state index is 0.0948. The number of aliphatic carboxylic acids is 1. The summed E-state index contributed by atoms with van der Waals surface area (Å²) in [6, 6.07) is 6.21. The van der Waals surface area contributed by atoms with Crippen molar-refractivity contribution in [1.82, 2.24) is 5.32 Å². The molecule has 2 rings (SSSR count). The first-order valence-corrected chi connectivity index (χ1v) is 8.60. The Morgan fingerprint density at radius 1 is 1.43 bits per heavy atom. The highest BCUT2D eigenvalue weighted by molar-refractivity contribution is 7.93. The first kappa shape index (κ1) is 17.2. The maximum Gasteiger partial charge on any atom is 0.334 e. The molecule has 0 aliphatic carbocycles. The van der Waals surface area contributed by atoms with E-state index in [1.807, 2.05) is 0 Å². The molecule has 0 spiro atoms. The summed E-state index contributed by atoms with van der Waals surface area (Å²) in [5, 5.41) is 11.3. The Morgan fingerprint density at radius 3 is 2.74 bits per heavy atom. The molecule has 9 heteroatoms. The minimum atomic E-state index is -3.32. The van der Waals surface area contributed by atoms with Gasteiger partial charge in [-0.3, -0.25) is 9.10 Å². The number of sulfonamides is 1. The number of methoxy groups -OCH3 is 1. The van der Waals surface area contributed by atoms with Crippen LogP contribution in [0.2, 0.25) is 0 Å². The van der Waals surface area contributed by atoms with Gasteiger partial charge in [-0.25, -0.2) is 13.2 Å². The first-order valence-electron chi connectivity index (χ1n) is 6.99. The Bertz CT molecular complexity index is 703. The molecule has 0 saturated carbocycles. The summed E-state index contributed by atoms with van der Waals surface area (Å²) in [4.78, 5) is 22.9. The van der Waals surface area contributed by atoms with Gasteiger partial charge in [-0.05, 0) is 24.6 Å². The normalized spacial score (nSPS) is 17.7. The molecule has 1 aliphatic rings. The van der Waals surface area contributed by atoms with E-state index >= 15 is 0 Å². The first-order chi connectivity index (χ1) is 10.8. The molecule has 0 bridgehead atoms. The van der Waals surface area contributed by atoms with Gasteiger partial charge in [-0.1, -0.05) is 6.07 Å². The highest BCUT2D eigenvalue weighted by Gasteiger charge is 2.28. The third-order valence-corrected chi connectivity index (χ3v) is 5.37. The number of anilines is 1. The lowest BCUT2D eigenvalue weighted by Gasteiger charge is -2.17. The average molecular weight is 342 g/mol. The van der Waals surface area contributed by atoms with Crippen LogP contribution in [0.15, 0.2) is 24.3 Å². The maximum absolute atomic E-state index is 12.1. The quantitative estimate of drug-likeness (QED) is 0.756. The van der Waals surface area contributed by atoms with Gasteiger partial charge in [0.25, 0.3) is 5.91 Å². The number of hydrogen-bond donors (Lipinski definition) is 2. The van der Waals surface area contributed by atoms with Crippen LogP contribution >= 0.6 is 0 Å². The number of benzene rings is 1. The molecule has 1 aromatic carbocycles. The van der Waals surface area contributed by atoms with E-state index in [0.29, 0.717) is 18.7 Å². The molecule has 1 fully saturated rings. The van der Waals surface area contributed by atoms with Gasteiger partial charge in [0.15, 0.2) is 6.10 Å². The van der Waals surface area contributed by atoms with E-state index < -0.39 is 28.0 Å². The third kappa shape index (κ3) is 3.99. The fourth-order valence-electron chi connectivity index (χ4n) is 2.29. The number of carbonyl (C=O) groups is 2. The number of carboxylic acids is 1. The number of rotatable bonds is 6. The van der Waals surface area contributed by atoms with Gasteiger partial charge in [0.05, 0.1) is 18.0 Å². The summed E-state index contributed by atoms with van der Waals surface area (Å²) < 4.78 is 29.8. The van der Waals surface area contributed by atoms with E-state index in [1.54, 1.807) is 12.1 Å². The van der Waals surface area contributed by atoms with Crippen molar-refractivity contribution in [3.63, 3.8) is 0 Å². The molecular formula is C14H18N2O6S. The maximum atomic E-state index is 12.1. The highest BCUT2D eigenvalue weighted by atomic mass is 32.2. The Balaban J connectivity index is 2.10. The molecule has 1 amide bonds. The van der Waals surface area contributed by atoms with Gasteiger partial charge in [0.2, 0.25) is 10.0 Å². The van der Waals surface area contributed by atoms with Crippen molar-refractivity contribution in [3.05, 3.63) is 29.8 Å². The molecule has 8 nitrogen and oxygen atoms in total. The largest absolute Gasteiger partial charge is 0.479 e. The lowest BCUT2D eigenvalue weighted by Crippen LogP contribution is -2.37. The van der Waals surface area contributed by atoms with Crippen molar-refractivity contribution >= 4 is 27.6 Å². The summed E-state index contributed by atoms with van der Waals surface area (Å²) in [7, 11) is -2.08. The summed E-state index contributed by atoms with van der Waals surface area (Å²) >= 11 is 0. The molecule has 2 N–H and O–H groups in total. The molecule has 0 radical (unpaired) electrons. The fourth-order valence-corrected chi connectivity index (χ4v) is 3.85. The number of nitrogens with zero attached hydrogens (tertiary/aromatic N) is 1. The Labute approximate surface area is 134 Å². The van der Waals surface area contributed by atoms with Gasteiger partial charge >= 0.3 is 5.97 Å². The van der Waals surface area contributed by atoms with Crippen molar-refractivity contribution in [2.24, 2.45) is 0 Å². The zero-order valence-electron chi connectivity index (χ0n) is 12.6. The molecule has 1 saturated heterocycles. The summed E-state index contributed by atoms with van der Waals surface area (Å²) in [5.41, 5.74) is 0.682. The lowest BCUT2D eigenvalue weighted by atomic mass is 10.2. The fraction of sp³-hybridized carbons (Fsp3) is 0.429. The van der Waals surface area contributed by atoms with Crippen LogP contribution in [0, 0.1) is 0 Å². The van der Waals surface area contributed by atoms with E-state index in [9.17, 15) is 18.0 Å². The third-order valence-electron chi connectivity index (χ3n) is 3.50. The Morgan fingerprint density at radius 2 is 2.17 bits per heavy atom. The molecule has 126 valence electrons. The smallest absolute Gasteiger partial charge is 0.334 e. The van der Waals surface area contributed by atoms with Gasteiger partial charge in [0, 0.05) is 19.2 Å². The van der Waals surface area contributed by atoms with Gasteiger partial charge in [-0.15, -0.1) is 0 Å². The number of amides is 1. The molecular weight excluding hydrogens is 324 g/mol. The zero-order valence-corrected chi connectivity index (χ0v) is 13.4. The van der Waals surface area contributed by atoms with Crippen molar-refractivity contribution < 1.29 is 27.9 Å². The summed E-state index contributed by atoms with van der Waals surface area (Å²) in [5.74, 6) is -1.58. The van der Waals surface area contributed by atoms with E-state index in [-0.39, 0.29) is 17.9 Å². The molecule has 1 atom stereocenters. The van der Waals surface area contributed by atoms with Crippen LogP contribution in [0.4, 0.5) is 5.69 Å². The number of ether oxygens (including phenoxy) is 1. The van der Waals surface area contributed by atoms with Gasteiger partial charge in [-0.2, -0.15) is 0 Å². The van der Waals surface area contributed by atoms with E-state index in [0.717, 1.165) is 0 Å². The second kappa shape index (κ2) is 6.97. The average Bonchev–Trinajstić information content (AvgIpc) is 2.87. The number of hydrogen-bond acceptors (Lipinski definition) is 5. The van der Waals surface area contributed by atoms with Crippen LogP contribution in [0.5, 0.6) is 0 Å². The molecule has 1 aliphatic heterocycles. The zero-order chi connectivity index (χ0) is 17.0. The Hall–Kier alpha value is -2.13. The molecule has 1 aromatic rings. The van der Waals surface area contributed by atoms with Gasteiger partial charge in [0.1, 0.15) is 0 Å². The summed E-state index contributed by atoms with van der Waals surface area (Å²) in [6.45, 7) is 0.203. The number of carbonyl (C=O) groups excluding carboxylic acids is 1. The standard InChI is InChI=1S/C14H18N2O6S/c1-22-12(14(18)19)9-15-13(17)10-4-2-5-11(8-10)16-6-3-7-23(16,20)21/h2,4-5,8,12H,3,6-7,9H2,1H3,(H,15,17)(H,18,19). The predicted octanol–water partition coefficient (Wildman–Crippen LogP) is 0.0559. The lowest BCUT2D eigenvalue weighted by molar-refractivity contribution is -0.148. The van der Waals surface area contributed by atoms with Crippen LogP contribution in [0.3, 0.4) is 0 Å². The summed E-state index contributed by atoms with van der Waals surface area (Å²) in [6.07, 6.45) is -0.589. The molecule has 0 aromatic heterocycles. The Kier molecular flexibility index (Phi) is 5.22. The minimum Gasteiger partial charge on any atom is -0.479 e. The van der Waals surface area contributed by atoms with Crippen molar-refractivity contribution in [2.45, 2.75) is 12.5 Å². The van der Waals surface area contributed by atoms with Gasteiger partial charge < -0.3 is 15.2 Å².